The molecule has 0 atom stereocenters. The van der Waals surface area contributed by atoms with Gasteiger partial charge in [0.1, 0.15) is 0 Å². The lowest BCUT2D eigenvalue weighted by Gasteiger charge is -1.91. The third-order valence-corrected chi connectivity index (χ3v) is 2.87. The molecule has 13 heavy (non-hydrogen) atoms. The fourth-order valence-corrected chi connectivity index (χ4v) is 2.13. The summed E-state index contributed by atoms with van der Waals surface area (Å²) in [7, 11) is 1.95. The first kappa shape index (κ1) is 8.53. The first-order valence-electron chi connectivity index (χ1n) is 4.15. The zero-order valence-electron chi connectivity index (χ0n) is 7.41. The lowest BCUT2D eigenvalue weighted by Crippen LogP contribution is -2.03. The van der Waals surface area contributed by atoms with Crippen molar-refractivity contribution in [2.45, 2.75) is 6.54 Å². The molecule has 68 valence electrons. The molecule has 2 heterocycles. The highest BCUT2D eigenvalue weighted by molar-refractivity contribution is 7.13. The second kappa shape index (κ2) is 3.77. The molecule has 2 aromatic heterocycles. The van der Waals surface area contributed by atoms with Gasteiger partial charge in [-0.25, -0.2) is 0 Å². The molecule has 0 aliphatic heterocycles. The van der Waals surface area contributed by atoms with Gasteiger partial charge in [-0.15, -0.1) is 11.3 Å². The van der Waals surface area contributed by atoms with Crippen LogP contribution in [0.15, 0.2) is 34.5 Å². The van der Waals surface area contributed by atoms with Crippen LogP contribution in [0.1, 0.15) is 5.56 Å². The van der Waals surface area contributed by atoms with Gasteiger partial charge in [-0.05, 0) is 30.1 Å². The summed E-state index contributed by atoms with van der Waals surface area (Å²) in [6, 6.07) is 4.17. The molecule has 1 N–H and O–H groups in total. The average Bonchev–Trinajstić information content (AvgIpc) is 2.70. The maximum atomic E-state index is 5.03. The van der Waals surface area contributed by atoms with Crippen LogP contribution in [0.5, 0.6) is 0 Å². The number of hydrogen-bond donors (Lipinski definition) is 1. The predicted octanol–water partition coefficient (Wildman–Crippen LogP) is 2.73. The van der Waals surface area contributed by atoms with E-state index >= 15 is 0 Å². The normalized spacial score (nSPS) is 10.5. The van der Waals surface area contributed by atoms with Gasteiger partial charge in [0.15, 0.2) is 0 Å². The van der Waals surface area contributed by atoms with Gasteiger partial charge in [-0.3, -0.25) is 0 Å². The van der Waals surface area contributed by atoms with Crippen molar-refractivity contribution in [1.82, 2.24) is 5.32 Å². The van der Waals surface area contributed by atoms with Crippen LogP contribution in [-0.4, -0.2) is 7.05 Å². The molecule has 0 radical (unpaired) electrons. The first-order valence-corrected chi connectivity index (χ1v) is 5.02. The summed E-state index contributed by atoms with van der Waals surface area (Å²) in [5.41, 5.74) is 2.48. The molecule has 2 aromatic rings. The fourth-order valence-electron chi connectivity index (χ4n) is 1.23. The zero-order chi connectivity index (χ0) is 9.10. The van der Waals surface area contributed by atoms with Crippen molar-refractivity contribution < 1.29 is 4.42 Å². The van der Waals surface area contributed by atoms with E-state index < -0.39 is 0 Å². The second-order valence-corrected chi connectivity index (χ2v) is 3.77. The van der Waals surface area contributed by atoms with Gasteiger partial charge < -0.3 is 9.73 Å². The Balaban J connectivity index is 2.23. The lowest BCUT2D eigenvalue weighted by atomic mass is 10.2. The second-order valence-electron chi connectivity index (χ2n) is 2.86. The smallest absolute Gasteiger partial charge is 0.0989 e. The summed E-state index contributed by atoms with van der Waals surface area (Å²) >= 11 is 1.75. The highest BCUT2D eigenvalue weighted by Crippen LogP contribution is 2.27. The van der Waals surface area contributed by atoms with Crippen LogP contribution in [0.3, 0.4) is 0 Å². The largest absolute Gasteiger partial charge is 0.472 e. The molecule has 0 aliphatic rings. The van der Waals surface area contributed by atoms with Crippen molar-refractivity contribution in [2.24, 2.45) is 0 Å². The zero-order valence-corrected chi connectivity index (χ0v) is 8.23. The topological polar surface area (TPSA) is 25.2 Å². The van der Waals surface area contributed by atoms with Crippen molar-refractivity contribution in [3.63, 3.8) is 0 Å². The number of nitrogens with one attached hydrogen (secondary N) is 1. The van der Waals surface area contributed by atoms with Gasteiger partial charge in [-0.2, -0.15) is 0 Å². The van der Waals surface area contributed by atoms with Crippen molar-refractivity contribution in [2.75, 3.05) is 7.05 Å². The first-order chi connectivity index (χ1) is 6.40. The Hall–Kier alpha value is -1.06. The van der Waals surface area contributed by atoms with Crippen LogP contribution in [0, 0.1) is 0 Å². The number of furan rings is 1. The van der Waals surface area contributed by atoms with Gasteiger partial charge >= 0.3 is 0 Å². The average molecular weight is 193 g/mol. The predicted molar refractivity (Wildman–Crippen MR) is 54.8 cm³/mol. The quantitative estimate of drug-likeness (QED) is 0.810. The molecule has 0 amide bonds. The molecule has 0 spiro atoms. The third kappa shape index (κ3) is 1.82. The molecule has 0 fully saturated rings. The van der Waals surface area contributed by atoms with E-state index in [0.29, 0.717) is 0 Å². The van der Waals surface area contributed by atoms with Crippen molar-refractivity contribution >= 4 is 11.3 Å². The molecule has 0 saturated heterocycles. The standard InChI is InChI=1S/C10H11NOS/c1-11-5-8-4-10(13-7-8)9-2-3-12-6-9/h2-4,6-7,11H,5H2,1H3. The molecule has 0 saturated carbocycles. The van der Waals surface area contributed by atoms with Crippen LogP contribution in [0.25, 0.3) is 10.4 Å². The molecule has 0 bridgehead atoms. The summed E-state index contributed by atoms with van der Waals surface area (Å²) in [6.45, 7) is 0.925. The van der Waals surface area contributed by atoms with Crippen LogP contribution in [0.4, 0.5) is 0 Å². The van der Waals surface area contributed by atoms with Crippen LogP contribution < -0.4 is 5.32 Å². The Bertz CT molecular complexity index is 364. The maximum Gasteiger partial charge on any atom is 0.0989 e. The number of rotatable bonds is 3. The van der Waals surface area contributed by atoms with Gasteiger partial charge in [0, 0.05) is 17.0 Å². The van der Waals surface area contributed by atoms with Crippen molar-refractivity contribution in [3.8, 4) is 10.4 Å². The maximum absolute atomic E-state index is 5.03. The lowest BCUT2D eigenvalue weighted by molar-refractivity contribution is 0.568. The van der Waals surface area contributed by atoms with E-state index in [-0.39, 0.29) is 0 Å². The molecular formula is C10H11NOS. The summed E-state index contributed by atoms with van der Waals surface area (Å²) < 4.78 is 5.03. The van der Waals surface area contributed by atoms with Crippen LogP contribution >= 0.6 is 11.3 Å². The monoisotopic (exact) mass is 193 g/mol. The Morgan fingerprint density at radius 3 is 3.15 bits per heavy atom. The van der Waals surface area contributed by atoms with E-state index in [0.717, 1.165) is 12.1 Å². The molecule has 0 unspecified atom stereocenters. The fraction of sp³-hybridized carbons (Fsp3) is 0.200. The van der Waals surface area contributed by atoms with E-state index in [4.69, 9.17) is 4.42 Å². The SMILES string of the molecule is CNCc1csc(-c2ccoc2)c1. The minimum atomic E-state index is 0.925. The Labute approximate surface area is 81.2 Å². The molecular weight excluding hydrogens is 182 g/mol. The molecule has 0 aromatic carbocycles. The molecule has 3 heteroatoms. The summed E-state index contributed by atoms with van der Waals surface area (Å²) in [4.78, 5) is 1.26. The summed E-state index contributed by atoms with van der Waals surface area (Å²) in [5.74, 6) is 0. The molecule has 2 rings (SSSR count). The van der Waals surface area contributed by atoms with Gasteiger partial charge in [-0.1, -0.05) is 0 Å². The molecule has 0 aliphatic carbocycles. The van der Waals surface area contributed by atoms with E-state index in [2.05, 4.69) is 16.8 Å². The van der Waals surface area contributed by atoms with Crippen LogP contribution in [-0.2, 0) is 6.54 Å². The highest BCUT2D eigenvalue weighted by Gasteiger charge is 2.02. The summed E-state index contributed by atoms with van der Waals surface area (Å²) in [6.07, 6.45) is 3.47. The Morgan fingerprint density at radius 2 is 2.46 bits per heavy atom. The van der Waals surface area contributed by atoms with E-state index in [1.807, 2.05) is 13.1 Å². The number of thiophene rings is 1. The van der Waals surface area contributed by atoms with Gasteiger partial charge in [0.05, 0.1) is 12.5 Å². The van der Waals surface area contributed by atoms with Crippen molar-refractivity contribution in [1.29, 1.82) is 0 Å². The van der Waals surface area contributed by atoms with Crippen molar-refractivity contribution in [3.05, 3.63) is 35.6 Å². The van der Waals surface area contributed by atoms with E-state index in [1.54, 1.807) is 23.9 Å². The van der Waals surface area contributed by atoms with E-state index in [9.17, 15) is 0 Å². The molecule has 2 nitrogen and oxygen atoms in total. The van der Waals surface area contributed by atoms with E-state index in [1.165, 1.54) is 10.4 Å². The van der Waals surface area contributed by atoms with Gasteiger partial charge in [0.25, 0.3) is 0 Å². The highest BCUT2D eigenvalue weighted by atomic mass is 32.1. The number of hydrogen-bond acceptors (Lipinski definition) is 3. The van der Waals surface area contributed by atoms with Crippen LogP contribution in [0.2, 0.25) is 0 Å². The third-order valence-electron chi connectivity index (χ3n) is 1.84. The van der Waals surface area contributed by atoms with Gasteiger partial charge in [0.2, 0.25) is 0 Å². The Morgan fingerprint density at radius 1 is 1.54 bits per heavy atom. The summed E-state index contributed by atoms with van der Waals surface area (Å²) in [5, 5.41) is 5.29. The Kier molecular flexibility index (Phi) is 2.47. The minimum Gasteiger partial charge on any atom is -0.472 e. The minimum absolute atomic E-state index is 0.925.